The Balaban J connectivity index is 1.75. The van der Waals surface area contributed by atoms with Gasteiger partial charge in [-0.25, -0.2) is 12.8 Å². The summed E-state index contributed by atoms with van der Waals surface area (Å²) in [5.74, 6) is -0.293. The van der Waals surface area contributed by atoms with E-state index in [-0.39, 0.29) is 10.7 Å². The summed E-state index contributed by atoms with van der Waals surface area (Å²) in [6.07, 6.45) is 0. The maximum absolute atomic E-state index is 13.8. The normalized spacial score (nSPS) is 16.5. The zero-order valence-corrected chi connectivity index (χ0v) is 13.9. The fourth-order valence-corrected chi connectivity index (χ4v) is 4.38. The summed E-state index contributed by atoms with van der Waals surface area (Å²) in [5.41, 5.74) is 0.507. The van der Waals surface area contributed by atoms with Crippen LogP contribution in [0.4, 0.5) is 10.1 Å². The van der Waals surface area contributed by atoms with Gasteiger partial charge in [-0.05, 0) is 30.3 Å². The van der Waals surface area contributed by atoms with Gasteiger partial charge >= 0.3 is 0 Å². The van der Waals surface area contributed by atoms with Crippen LogP contribution in [0, 0.1) is 5.82 Å². The first kappa shape index (κ1) is 16.2. The first-order chi connectivity index (χ1) is 11.0. The number of piperazine rings is 1. The van der Waals surface area contributed by atoms with E-state index in [4.69, 9.17) is 11.6 Å². The molecule has 2 aromatic carbocycles. The van der Waals surface area contributed by atoms with E-state index >= 15 is 0 Å². The summed E-state index contributed by atoms with van der Waals surface area (Å²) in [7, 11) is -3.57. The van der Waals surface area contributed by atoms with E-state index in [1.807, 2.05) is 4.90 Å². The van der Waals surface area contributed by atoms with Crippen molar-refractivity contribution in [1.82, 2.24) is 4.31 Å². The molecule has 0 aliphatic carbocycles. The molecule has 1 aliphatic rings. The number of sulfonamides is 1. The minimum Gasteiger partial charge on any atom is -0.367 e. The Morgan fingerprint density at radius 2 is 1.65 bits per heavy atom. The van der Waals surface area contributed by atoms with E-state index in [0.717, 1.165) is 0 Å². The molecule has 0 spiro atoms. The maximum atomic E-state index is 13.8. The van der Waals surface area contributed by atoms with Crippen LogP contribution < -0.4 is 4.90 Å². The molecule has 122 valence electrons. The van der Waals surface area contributed by atoms with Crippen LogP contribution in [0.2, 0.25) is 5.02 Å². The van der Waals surface area contributed by atoms with Crippen LogP contribution in [0.1, 0.15) is 0 Å². The molecule has 0 bridgehead atoms. The van der Waals surface area contributed by atoms with Crippen LogP contribution in [0.15, 0.2) is 53.4 Å². The van der Waals surface area contributed by atoms with E-state index < -0.39 is 10.0 Å². The number of nitrogens with zero attached hydrogens (tertiary/aromatic N) is 2. The van der Waals surface area contributed by atoms with Crippen molar-refractivity contribution in [3.05, 3.63) is 59.4 Å². The van der Waals surface area contributed by atoms with Crippen LogP contribution in [0.3, 0.4) is 0 Å². The minimum atomic E-state index is -3.57. The van der Waals surface area contributed by atoms with Crippen molar-refractivity contribution in [2.45, 2.75) is 4.90 Å². The number of benzene rings is 2. The molecule has 0 radical (unpaired) electrons. The average molecular weight is 355 g/mol. The Kier molecular flexibility index (Phi) is 4.57. The lowest BCUT2D eigenvalue weighted by Crippen LogP contribution is -2.48. The van der Waals surface area contributed by atoms with E-state index in [1.54, 1.807) is 30.3 Å². The molecule has 0 N–H and O–H groups in total. The fourth-order valence-electron chi connectivity index (χ4n) is 2.65. The molecule has 0 saturated carbocycles. The molecule has 2 aromatic rings. The molecule has 0 unspecified atom stereocenters. The number of hydrogen-bond acceptors (Lipinski definition) is 3. The third-order valence-corrected chi connectivity index (χ3v) is 6.00. The summed E-state index contributed by atoms with van der Waals surface area (Å²) in [4.78, 5) is 2.05. The van der Waals surface area contributed by atoms with Gasteiger partial charge in [-0.2, -0.15) is 4.31 Å². The zero-order valence-electron chi connectivity index (χ0n) is 12.3. The molecular formula is C16H16ClFN2O2S. The Labute approximate surface area is 140 Å². The number of rotatable bonds is 3. The zero-order chi connectivity index (χ0) is 16.4. The Morgan fingerprint density at radius 1 is 0.957 bits per heavy atom. The van der Waals surface area contributed by atoms with Gasteiger partial charge in [0.2, 0.25) is 10.0 Å². The van der Waals surface area contributed by atoms with E-state index in [9.17, 15) is 12.8 Å². The van der Waals surface area contributed by atoms with Crippen LogP contribution in [-0.2, 0) is 10.0 Å². The van der Waals surface area contributed by atoms with Gasteiger partial charge in [0, 0.05) is 31.2 Å². The SMILES string of the molecule is O=S(=O)(c1cccc(Cl)c1)N1CCN(c2ccccc2F)CC1. The van der Waals surface area contributed by atoms with Crippen LogP contribution in [0.25, 0.3) is 0 Å². The highest BCUT2D eigenvalue weighted by molar-refractivity contribution is 7.89. The first-order valence-corrected chi connectivity index (χ1v) is 9.05. The topological polar surface area (TPSA) is 40.6 Å². The monoisotopic (exact) mass is 354 g/mol. The van der Waals surface area contributed by atoms with Crippen molar-refractivity contribution in [3.63, 3.8) is 0 Å². The van der Waals surface area contributed by atoms with Crippen molar-refractivity contribution >= 4 is 27.3 Å². The van der Waals surface area contributed by atoms with Gasteiger partial charge < -0.3 is 4.90 Å². The highest BCUT2D eigenvalue weighted by Crippen LogP contribution is 2.24. The molecule has 3 rings (SSSR count). The lowest BCUT2D eigenvalue weighted by molar-refractivity contribution is 0.383. The second-order valence-electron chi connectivity index (χ2n) is 5.30. The Hall–Kier alpha value is -1.63. The molecule has 0 atom stereocenters. The summed E-state index contributed by atoms with van der Waals surface area (Å²) < 4.78 is 40.5. The van der Waals surface area contributed by atoms with E-state index in [1.165, 1.54) is 22.5 Å². The fraction of sp³-hybridized carbons (Fsp3) is 0.250. The molecule has 23 heavy (non-hydrogen) atoms. The molecule has 1 aliphatic heterocycles. The van der Waals surface area contributed by atoms with Crippen LogP contribution in [0.5, 0.6) is 0 Å². The van der Waals surface area contributed by atoms with Crippen molar-refractivity contribution in [2.75, 3.05) is 31.1 Å². The lowest BCUT2D eigenvalue weighted by atomic mass is 10.2. The molecule has 0 aromatic heterocycles. The summed E-state index contributed by atoms with van der Waals surface area (Å²) in [5, 5.41) is 0.385. The molecular weight excluding hydrogens is 339 g/mol. The summed E-state index contributed by atoms with van der Waals surface area (Å²) in [6, 6.07) is 12.7. The molecule has 0 amide bonds. The molecule has 1 saturated heterocycles. The average Bonchev–Trinajstić information content (AvgIpc) is 2.55. The van der Waals surface area contributed by atoms with Gasteiger partial charge in [-0.3, -0.25) is 0 Å². The predicted molar refractivity (Wildman–Crippen MR) is 88.8 cm³/mol. The van der Waals surface area contributed by atoms with Crippen molar-refractivity contribution in [1.29, 1.82) is 0 Å². The van der Waals surface area contributed by atoms with Crippen molar-refractivity contribution < 1.29 is 12.8 Å². The summed E-state index contributed by atoms with van der Waals surface area (Å²) in [6.45, 7) is 1.51. The quantitative estimate of drug-likeness (QED) is 0.850. The molecule has 7 heteroatoms. The number of hydrogen-bond donors (Lipinski definition) is 0. The van der Waals surface area contributed by atoms with Gasteiger partial charge in [0.15, 0.2) is 0 Å². The van der Waals surface area contributed by atoms with Crippen LogP contribution >= 0.6 is 11.6 Å². The van der Waals surface area contributed by atoms with Gasteiger partial charge in [-0.1, -0.05) is 29.8 Å². The Bertz CT molecular complexity index is 805. The number of anilines is 1. The first-order valence-electron chi connectivity index (χ1n) is 7.24. The van der Waals surface area contributed by atoms with Crippen molar-refractivity contribution in [3.8, 4) is 0 Å². The highest BCUT2D eigenvalue weighted by Gasteiger charge is 2.29. The third kappa shape index (κ3) is 3.34. The number of para-hydroxylation sites is 1. The van der Waals surface area contributed by atoms with E-state index in [2.05, 4.69) is 0 Å². The summed E-state index contributed by atoms with van der Waals surface area (Å²) >= 11 is 5.88. The van der Waals surface area contributed by atoms with E-state index in [0.29, 0.717) is 36.9 Å². The maximum Gasteiger partial charge on any atom is 0.243 e. The van der Waals surface area contributed by atoms with Gasteiger partial charge in [0.1, 0.15) is 5.82 Å². The van der Waals surface area contributed by atoms with Gasteiger partial charge in [0.05, 0.1) is 10.6 Å². The largest absolute Gasteiger partial charge is 0.367 e. The minimum absolute atomic E-state index is 0.185. The molecule has 4 nitrogen and oxygen atoms in total. The second-order valence-corrected chi connectivity index (χ2v) is 7.67. The molecule has 1 fully saturated rings. The second kappa shape index (κ2) is 6.47. The Morgan fingerprint density at radius 3 is 2.30 bits per heavy atom. The predicted octanol–water partition coefficient (Wildman–Crippen LogP) is 2.99. The lowest BCUT2D eigenvalue weighted by Gasteiger charge is -2.35. The highest BCUT2D eigenvalue weighted by atomic mass is 35.5. The van der Waals surface area contributed by atoms with Gasteiger partial charge in [-0.15, -0.1) is 0 Å². The smallest absolute Gasteiger partial charge is 0.243 e. The number of halogens is 2. The molecule has 1 heterocycles. The van der Waals surface area contributed by atoms with Crippen LogP contribution in [-0.4, -0.2) is 38.9 Å². The third-order valence-electron chi connectivity index (χ3n) is 3.87. The van der Waals surface area contributed by atoms with Gasteiger partial charge in [0.25, 0.3) is 0 Å². The van der Waals surface area contributed by atoms with Crippen molar-refractivity contribution in [2.24, 2.45) is 0 Å². The standard InChI is InChI=1S/C16H16ClFN2O2S/c17-13-4-3-5-14(12-13)23(21,22)20-10-8-19(9-11-20)16-7-2-1-6-15(16)18/h1-7,12H,8-11H2.